The van der Waals surface area contributed by atoms with Crippen molar-refractivity contribution in [1.82, 2.24) is 0 Å². The van der Waals surface area contributed by atoms with Gasteiger partial charge in [0.2, 0.25) is 0 Å². The Labute approximate surface area is 168 Å². The van der Waals surface area contributed by atoms with Gasteiger partial charge in [-0.15, -0.1) is 0 Å². The van der Waals surface area contributed by atoms with E-state index in [1.54, 1.807) is 18.2 Å². The lowest BCUT2D eigenvalue weighted by Gasteiger charge is -2.14. The van der Waals surface area contributed by atoms with E-state index >= 15 is 0 Å². The minimum Gasteiger partial charge on any atom is -0.497 e. The molecule has 0 heterocycles. The van der Waals surface area contributed by atoms with E-state index in [2.05, 4.69) is 5.32 Å². The van der Waals surface area contributed by atoms with Crippen molar-refractivity contribution in [3.05, 3.63) is 35.9 Å². The molecule has 0 aliphatic heterocycles. The number of carbonyl (C=O) groups excluding carboxylic acids is 2. The molecule has 0 aliphatic carbocycles. The van der Waals surface area contributed by atoms with E-state index in [4.69, 9.17) is 28.4 Å². The van der Waals surface area contributed by atoms with E-state index in [1.807, 2.05) is 0 Å². The molecule has 2 aromatic carbocycles. The summed E-state index contributed by atoms with van der Waals surface area (Å²) >= 11 is 0. The Morgan fingerprint density at radius 3 is 1.97 bits per heavy atom. The summed E-state index contributed by atoms with van der Waals surface area (Å²) in [5.41, 5.74) is 0.512. The third-order valence-electron chi connectivity index (χ3n) is 3.94. The monoisotopic (exact) mass is 405 g/mol. The number of amides is 1. The van der Waals surface area contributed by atoms with E-state index in [1.165, 1.54) is 47.7 Å². The van der Waals surface area contributed by atoms with Crippen molar-refractivity contribution in [1.29, 1.82) is 0 Å². The van der Waals surface area contributed by atoms with Crippen LogP contribution < -0.4 is 29.0 Å². The summed E-state index contributed by atoms with van der Waals surface area (Å²) in [6, 6.07) is 7.83. The Bertz CT molecular complexity index is 881. The van der Waals surface area contributed by atoms with Gasteiger partial charge in [0.15, 0.2) is 18.1 Å². The zero-order valence-electron chi connectivity index (χ0n) is 16.9. The lowest BCUT2D eigenvalue weighted by Crippen LogP contribution is -2.21. The number of esters is 1. The lowest BCUT2D eigenvalue weighted by molar-refractivity contribution is -0.119. The molecule has 0 spiro atoms. The average Bonchev–Trinajstić information content (AvgIpc) is 2.76. The zero-order chi connectivity index (χ0) is 21.4. The Hall–Kier alpha value is -3.62. The van der Waals surface area contributed by atoms with Crippen molar-refractivity contribution >= 4 is 17.6 Å². The number of rotatable bonds is 9. The highest BCUT2D eigenvalue weighted by Gasteiger charge is 2.20. The Balaban J connectivity index is 2.08. The largest absolute Gasteiger partial charge is 0.497 e. The summed E-state index contributed by atoms with van der Waals surface area (Å²) in [7, 11) is 7.30. The number of carbonyl (C=O) groups is 2. The van der Waals surface area contributed by atoms with Gasteiger partial charge in [0.1, 0.15) is 22.8 Å². The number of ether oxygens (including phenoxy) is 6. The Morgan fingerprint density at radius 1 is 0.759 bits per heavy atom. The summed E-state index contributed by atoms with van der Waals surface area (Å²) in [5.74, 6) is 0.640. The maximum atomic E-state index is 12.4. The number of methoxy groups -OCH3 is 5. The third-order valence-corrected chi connectivity index (χ3v) is 3.94. The van der Waals surface area contributed by atoms with Gasteiger partial charge in [0, 0.05) is 18.2 Å². The lowest BCUT2D eigenvalue weighted by atomic mass is 10.1. The number of benzene rings is 2. The van der Waals surface area contributed by atoms with Crippen LogP contribution in [0.15, 0.2) is 30.3 Å². The van der Waals surface area contributed by atoms with Crippen LogP contribution in [0.2, 0.25) is 0 Å². The van der Waals surface area contributed by atoms with Crippen molar-refractivity contribution < 1.29 is 38.0 Å². The van der Waals surface area contributed by atoms with Gasteiger partial charge in [-0.1, -0.05) is 0 Å². The molecular weight excluding hydrogens is 382 g/mol. The van der Waals surface area contributed by atoms with Gasteiger partial charge in [-0.3, -0.25) is 4.79 Å². The fourth-order valence-corrected chi connectivity index (χ4v) is 2.49. The maximum absolute atomic E-state index is 12.4. The highest BCUT2D eigenvalue weighted by Crippen LogP contribution is 2.35. The van der Waals surface area contributed by atoms with E-state index in [-0.39, 0.29) is 11.3 Å². The predicted molar refractivity (Wildman–Crippen MR) is 105 cm³/mol. The minimum absolute atomic E-state index is 0.0972. The minimum atomic E-state index is -0.750. The first-order valence-electron chi connectivity index (χ1n) is 8.46. The molecule has 156 valence electrons. The molecule has 1 N–H and O–H groups in total. The summed E-state index contributed by atoms with van der Waals surface area (Å²) < 4.78 is 31.0. The molecule has 29 heavy (non-hydrogen) atoms. The third kappa shape index (κ3) is 5.22. The van der Waals surface area contributed by atoms with E-state index in [9.17, 15) is 9.59 Å². The van der Waals surface area contributed by atoms with Crippen LogP contribution in [0.25, 0.3) is 0 Å². The fourth-order valence-electron chi connectivity index (χ4n) is 2.49. The second-order valence-electron chi connectivity index (χ2n) is 5.60. The molecule has 0 aromatic heterocycles. The second kappa shape index (κ2) is 10.1. The van der Waals surface area contributed by atoms with Gasteiger partial charge in [-0.05, 0) is 12.1 Å². The summed E-state index contributed by atoms with van der Waals surface area (Å²) in [6.45, 7) is -0.508. The van der Waals surface area contributed by atoms with Crippen LogP contribution in [0.4, 0.5) is 5.69 Å². The van der Waals surface area contributed by atoms with Crippen molar-refractivity contribution in [2.45, 2.75) is 0 Å². The highest BCUT2D eigenvalue weighted by molar-refractivity contribution is 5.98. The summed E-state index contributed by atoms with van der Waals surface area (Å²) in [5, 5.41) is 2.62. The first-order chi connectivity index (χ1) is 14.0. The topological polar surface area (TPSA) is 102 Å². The Morgan fingerprint density at radius 2 is 1.38 bits per heavy atom. The normalized spacial score (nSPS) is 9.97. The van der Waals surface area contributed by atoms with Crippen LogP contribution in [0, 0.1) is 0 Å². The summed E-state index contributed by atoms with van der Waals surface area (Å²) in [4.78, 5) is 24.6. The zero-order valence-corrected chi connectivity index (χ0v) is 16.9. The van der Waals surface area contributed by atoms with E-state index in [0.29, 0.717) is 28.7 Å². The molecule has 9 nitrogen and oxygen atoms in total. The first-order valence-corrected chi connectivity index (χ1v) is 8.46. The van der Waals surface area contributed by atoms with Crippen molar-refractivity contribution in [2.24, 2.45) is 0 Å². The van der Waals surface area contributed by atoms with Crippen molar-refractivity contribution in [3.8, 4) is 28.7 Å². The molecule has 1 amide bonds. The number of hydrogen-bond acceptors (Lipinski definition) is 8. The molecule has 0 saturated carbocycles. The smallest absolute Gasteiger partial charge is 0.342 e. The first kappa shape index (κ1) is 21.7. The van der Waals surface area contributed by atoms with Gasteiger partial charge in [-0.25, -0.2) is 4.79 Å². The molecule has 0 aliphatic rings. The van der Waals surface area contributed by atoms with Gasteiger partial charge in [0.05, 0.1) is 41.2 Å². The van der Waals surface area contributed by atoms with Crippen LogP contribution in [0.1, 0.15) is 10.4 Å². The van der Waals surface area contributed by atoms with Crippen LogP contribution in [0.5, 0.6) is 28.7 Å². The van der Waals surface area contributed by atoms with Gasteiger partial charge in [0.25, 0.3) is 5.91 Å². The van der Waals surface area contributed by atoms with Gasteiger partial charge < -0.3 is 33.7 Å². The van der Waals surface area contributed by atoms with Crippen LogP contribution in [-0.2, 0) is 9.53 Å². The van der Waals surface area contributed by atoms with Gasteiger partial charge >= 0.3 is 5.97 Å². The van der Waals surface area contributed by atoms with Gasteiger partial charge in [-0.2, -0.15) is 0 Å². The fraction of sp³-hybridized carbons (Fsp3) is 0.300. The number of anilines is 1. The molecule has 2 aromatic rings. The summed E-state index contributed by atoms with van der Waals surface area (Å²) in [6.07, 6.45) is 0. The molecule has 0 atom stereocenters. The molecule has 0 saturated heterocycles. The van der Waals surface area contributed by atoms with Crippen molar-refractivity contribution in [2.75, 3.05) is 47.5 Å². The molecule has 0 bridgehead atoms. The molecule has 0 fully saturated rings. The number of nitrogens with one attached hydrogen (secondary N) is 1. The molecule has 9 heteroatoms. The SMILES string of the molecule is COc1ccc(NC(=O)COC(=O)c2cc(OC)c(OC)cc2OC)c(OC)c1. The highest BCUT2D eigenvalue weighted by atomic mass is 16.5. The Kier molecular flexibility index (Phi) is 7.53. The molecule has 2 rings (SSSR count). The predicted octanol–water partition coefficient (Wildman–Crippen LogP) is 2.53. The quantitative estimate of drug-likeness (QED) is 0.635. The second-order valence-corrected chi connectivity index (χ2v) is 5.60. The number of hydrogen-bond donors (Lipinski definition) is 1. The van der Waals surface area contributed by atoms with Crippen LogP contribution >= 0.6 is 0 Å². The van der Waals surface area contributed by atoms with E-state index < -0.39 is 18.5 Å². The maximum Gasteiger partial charge on any atom is 0.342 e. The van der Waals surface area contributed by atoms with Crippen LogP contribution in [-0.4, -0.2) is 54.0 Å². The molecule has 0 radical (unpaired) electrons. The van der Waals surface area contributed by atoms with Crippen LogP contribution in [0.3, 0.4) is 0 Å². The standard InChI is InChI=1S/C20H23NO8/c1-24-12-6-7-14(16(8-12)26-3)21-19(22)11-29-20(23)13-9-17(27-4)18(28-5)10-15(13)25-2/h6-10H,11H2,1-5H3,(H,21,22). The average molecular weight is 405 g/mol. The molecule has 0 unspecified atom stereocenters. The molecular formula is C20H23NO8. The van der Waals surface area contributed by atoms with Crippen molar-refractivity contribution in [3.63, 3.8) is 0 Å². The van der Waals surface area contributed by atoms with E-state index in [0.717, 1.165) is 0 Å².